The van der Waals surface area contributed by atoms with Crippen molar-refractivity contribution in [3.05, 3.63) is 78.1 Å². The summed E-state index contributed by atoms with van der Waals surface area (Å²) in [6, 6.07) is 20.3. The second-order valence-electron chi connectivity index (χ2n) is 8.59. The number of carbonyl (C=O) groups is 1. The fourth-order valence-corrected chi connectivity index (χ4v) is 4.66. The largest absolute Gasteiger partial charge is 0.455 e. The number of hydrogen-bond donors (Lipinski definition) is 1. The lowest BCUT2D eigenvalue weighted by atomic mass is 9.98. The third-order valence-electron chi connectivity index (χ3n) is 5.85. The van der Waals surface area contributed by atoms with Gasteiger partial charge in [0.2, 0.25) is 0 Å². The summed E-state index contributed by atoms with van der Waals surface area (Å²) in [4.78, 5) is 13.0. The van der Waals surface area contributed by atoms with Gasteiger partial charge in [-0.3, -0.25) is 4.79 Å². The van der Waals surface area contributed by atoms with Crippen molar-refractivity contribution in [1.29, 1.82) is 0 Å². The molecule has 6 heteroatoms. The summed E-state index contributed by atoms with van der Waals surface area (Å²) in [5.74, 6) is 0.428. The van der Waals surface area contributed by atoms with Crippen LogP contribution in [0.2, 0.25) is 0 Å². The zero-order valence-corrected chi connectivity index (χ0v) is 20.7. The summed E-state index contributed by atoms with van der Waals surface area (Å²) in [5, 5.41) is 3.46. The molecule has 0 radical (unpaired) electrons. The molecule has 1 aromatic heterocycles. The molecule has 1 heterocycles. The minimum Gasteiger partial charge on any atom is -0.455 e. The number of nitrogens with one attached hydrogen (secondary N) is 1. The quantitative estimate of drug-likeness (QED) is 0.269. The molecule has 0 atom stereocenters. The van der Waals surface area contributed by atoms with Crippen molar-refractivity contribution in [3.8, 4) is 22.5 Å². The van der Waals surface area contributed by atoms with E-state index in [1.165, 1.54) is 12.1 Å². The molecule has 0 aliphatic carbocycles. The molecule has 0 spiro atoms. The van der Waals surface area contributed by atoms with Crippen molar-refractivity contribution in [2.45, 2.75) is 20.3 Å². The molecule has 0 saturated heterocycles. The predicted octanol–water partition coefficient (Wildman–Crippen LogP) is 7.40. The molecule has 0 saturated carbocycles. The summed E-state index contributed by atoms with van der Waals surface area (Å²) in [6.45, 7) is 5.33. The highest BCUT2D eigenvalue weighted by atomic mass is 32.2. The van der Waals surface area contributed by atoms with Gasteiger partial charge in [0.05, 0.1) is 11.3 Å². The van der Waals surface area contributed by atoms with Gasteiger partial charge in [-0.25, -0.2) is 4.39 Å². The zero-order chi connectivity index (χ0) is 24.2. The van der Waals surface area contributed by atoms with Crippen LogP contribution in [0.5, 0.6) is 0 Å². The van der Waals surface area contributed by atoms with E-state index in [-0.39, 0.29) is 11.7 Å². The predicted molar refractivity (Wildman–Crippen MR) is 141 cm³/mol. The number of fused-ring (bicyclic) bond motifs is 1. The Hall–Kier alpha value is -3.25. The fraction of sp³-hybridized carbons (Fsp3) is 0.250. The molecular weight excluding hydrogens is 447 g/mol. The van der Waals surface area contributed by atoms with Crippen molar-refractivity contribution in [2.75, 3.05) is 24.2 Å². The summed E-state index contributed by atoms with van der Waals surface area (Å²) < 4.78 is 22.1. The Morgan fingerprint density at radius 3 is 2.38 bits per heavy atom. The molecule has 1 amide bonds. The molecule has 0 unspecified atom stereocenters. The van der Waals surface area contributed by atoms with E-state index >= 15 is 0 Å². The van der Waals surface area contributed by atoms with E-state index < -0.39 is 0 Å². The van der Waals surface area contributed by atoms with E-state index in [9.17, 15) is 9.18 Å². The van der Waals surface area contributed by atoms with Gasteiger partial charge in [0.25, 0.3) is 5.91 Å². The number of rotatable bonds is 8. The topological polar surface area (TPSA) is 45.5 Å². The van der Waals surface area contributed by atoms with Crippen molar-refractivity contribution in [1.82, 2.24) is 5.32 Å². The highest BCUT2D eigenvalue weighted by Crippen LogP contribution is 2.42. The Morgan fingerprint density at radius 2 is 1.76 bits per heavy atom. The molecule has 4 nitrogen and oxygen atoms in total. The number of benzene rings is 3. The molecule has 0 aliphatic rings. The molecule has 4 rings (SSSR count). The zero-order valence-electron chi connectivity index (χ0n) is 19.9. The maximum atomic E-state index is 13.6. The van der Waals surface area contributed by atoms with Gasteiger partial charge in [-0.15, -0.1) is 0 Å². The second-order valence-corrected chi connectivity index (χ2v) is 9.40. The number of halogens is 1. The Morgan fingerprint density at radius 1 is 1.06 bits per heavy atom. The smallest absolute Gasteiger partial charge is 0.255 e. The molecule has 34 heavy (non-hydrogen) atoms. The first-order valence-electron chi connectivity index (χ1n) is 11.4. The highest BCUT2D eigenvalue weighted by molar-refractivity contribution is 8.00. The number of hydrogen-bond acceptors (Lipinski definition) is 4. The number of furan rings is 1. The summed E-state index contributed by atoms with van der Waals surface area (Å²) >= 11 is 1.67. The average Bonchev–Trinajstić information content (AvgIpc) is 3.22. The van der Waals surface area contributed by atoms with Crippen molar-refractivity contribution in [2.24, 2.45) is 5.92 Å². The monoisotopic (exact) mass is 476 g/mol. The van der Waals surface area contributed by atoms with Crippen LogP contribution < -0.4 is 9.62 Å². The first-order valence-corrected chi connectivity index (χ1v) is 12.6. The van der Waals surface area contributed by atoms with Crippen LogP contribution in [0.3, 0.4) is 0 Å². The maximum absolute atomic E-state index is 13.6. The average molecular weight is 477 g/mol. The van der Waals surface area contributed by atoms with Crippen molar-refractivity contribution >= 4 is 34.5 Å². The molecule has 0 bridgehead atoms. The molecule has 176 valence electrons. The van der Waals surface area contributed by atoms with Gasteiger partial charge in [0, 0.05) is 42.4 Å². The number of carbonyl (C=O) groups excluding carboxylic acids is 1. The number of amides is 1. The Bertz CT molecular complexity index is 1280. The minimum atomic E-state index is -0.337. The van der Waals surface area contributed by atoms with Crippen LogP contribution in [-0.2, 0) is 0 Å². The van der Waals surface area contributed by atoms with E-state index in [4.69, 9.17) is 4.42 Å². The van der Waals surface area contributed by atoms with Crippen LogP contribution >= 0.6 is 11.9 Å². The number of nitrogens with zero attached hydrogens (tertiary/aromatic N) is 1. The van der Waals surface area contributed by atoms with Gasteiger partial charge >= 0.3 is 0 Å². The number of anilines is 1. The van der Waals surface area contributed by atoms with Gasteiger partial charge in [-0.05, 0) is 48.2 Å². The van der Waals surface area contributed by atoms with E-state index in [0.29, 0.717) is 28.4 Å². The van der Waals surface area contributed by atoms with Crippen LogP contribution in [0, 0.1) is 11.7 Å². The van der Waals surface area contributed by atoms with Crippen molar-refractivity contribution in [3.63, 3.8) is 0 Å². The van der Waals surface area contributed by atoms with E-state index in [1.54, 1.807) is 31.1 Å². The minimum absolute atomic E-state index is 0.244. The second kappa shape index (κ2) is 10.3. The van der Waals surface area contributed by atoms with Crippen LogP contribution in [0.1, 0.15) is 30.6 Å². The standard InChI is InChI=1S/C28H29FN2O2S/c1-18(2)14-15-31(34-4)24-17-25-23(16-22(24)19-8-6-5-7-9-19)26(28(32)30-3)27(33-25)20-10-12-21(29)13-11-20/h5-13,16-18H,14-15H2,1-4H3,(H,30,32). The SMILES string of the molecule is CNC(=O)c1c(-c2ccc(F)cc2)oc2cc(N(CCC(C)C)SC)c(-c3ccccc3)cc12. The lowest BCUT2D eigenvalue weighted by Gasteiger charge is -2.25. The summed E-state index contributed by atoms with van der Waals surface area (Å²) in [5.41, 5.74) is 4.86. The van der Waals surface area contributed by atoms with Gasteiger partial charge in [0.1, 0.15) is 17.2 Å². The highest BCUT2D eigenvalue weighted by Gasteiger charge is 2.24. The van der Waals surface area contributed by atoms with Gasteiger partial charge in [-0.1, -0.05) is 56.1 Å². The van der Waals surface area contributed by atoms with E-state index in [1.807, 2.05) is 30.3 Å². The lowest BCUT2D eigenvalue weighted by molar-refractivity contribution is 0.0964. The normalized spacial score (nSPS) is 11.2. The third kappa shape index (κ3) is 4.82. The fourth-order valence-electron chi connectivity index (χ4n) is 4.03. The van der Waals surface area contributed by atoms with Gasteiger partial charge in [0.15, 0.2) is 0 Å². The van der Waals surface area contributed by atoms with Crippen LogP contribution in [0.4, 0.5) is 10.1 Å². The third-order valence-corrected chi connectivity index (χ3v) is 6.67. The van der Waals surface area contributed by atoms with Crippen LogP contribution in [-0.4, -0.2) is 25.8 Å². The molecule has 0 fully saturated rings. The molecular formula is C28H29FN2O2S. The molecule has 1 N–H and O–H groups in total. The Balaban J connectivity index is 1.98. The molecule has 3 aromatic carbocycles. The molecule has 0 aliphatic heterocycles. The van der Waals surface area contributed by atoms with Crippen LogP contribution in [0.15, 0.2) is 71.1 Å². The summed E-state index contributed by atoms with van der Waals surface area (Å²) in [6.07, 6.45) is 3.12. The van der Waals surface area contributed by atoms with Crippen LogP contribution in [0.25, 0.3) is 33.4 Å². The Kier molecular flexibility index (Phi) is 7.27. The van der Waals surface area contributed by atoms with Gasteiger partial charge < -0.3 is 14.0 Å². The van der Waals surface area contributed by atoms with Crippen molar-refractivity contribution < 1.29 is 13.6 Å². The Labute approximate surface area is 204 Å². The first kappa shape index (κ1) is 23.9. The van der Waals surface area contributed by atoms with Gasteiger partial charge in [-0.2, -0.15) is 0 Å². The lowest BCUT2D eigenvalue weighted by Crippen LogP contribution is -2.19. The van der Waals surface area contributed by atoms with E-state index in [2.05, 4.69) is 41.9 Å². The first-order chi connectivity index (χ1) is 16.4. The summed E-state index contributed by atoms with van der Waals surface area (Å²) in [7, 11) is 1.60. The molecule has 4 aromatic rings. The van der Waals surface area contributed by atoms with E-state index in [0.717, 1.165) is 35.2 Å². The maximum Gasteiger partial charge on any atom is 0.255 e.